The highest BCUT2D eigenvalue weighted by Crippen LogP contribution is 2.11. The number of hydrogen-bond donors (Lipinski definition) is 2. The van der Waals surface area contributed by atoms with Crippen LogP contribution in [0.15, 0.2) is 12.4 Å². The van der Waals surface area contributed by atoms with Gasteiger partial charge < -0.3 is 11.1 Å². The van der Waals surface area contributed by atoms with E-state index in [4.69, 9.17) is 18.0 Å². The van der Waals surface area contributed by atoms with Crippen molar-refractivity contribution in [2.75, 3.05) is 0 Å². The summed E-state index contributed by atoms with van der Waals surface area (Å²) in [5.41, 5.74) is 7.12. The maximum atomic E-state index is 11.9. The summed E-state index contributed by atoms with van der Waals surface area (Å²) in [5.74, 6) is -0.537. The Morgan fingerprint density at radius 2 is 2.11 bits per heavy atom. The molecule has 0 aliphatic carbocycles. The van der Waals surface area contributed by atoms with Gasteiger partial charge in [0.25, 0.3) is 0 Å². The fourth-order valence-corrected chi connectivity index (χ4v) is 1.94. The van der Waals surface area contributed by atoms with Crippen LogP contribution in [0, 0.1) is 18.8 Å². The van der Waals surface area contributed by atoms with Crippen LogP contribution in [0.4, 0.5) is 0 Å². The second-order valence-electron chi connectivity index (χ2n) is 4.49. The van der Waals surface area contributed by atoms with Crippen LogP contribution >= 0.6 is 12.2 Å². The van der Waals surface area contributed by atoms with E-state index in [0.29, 0.717) is 12.2 Å². The first-order valence-electron chi connectivity index (χ1n) is 5.76. The molecule has 1 aromatic rings. The third kappa shape index (κ3) is 4.03. The maximum absolute atomic E-state index is 11.9. The molecule has 98 valence electrons. The molecular formula is C12H18N4OS. The van der Waals surface area contributed by atoms with Gasteiger partial charge in [-0.3, -0.25) is 14.8 Å². The molecule has 1 unspecified atom stereocenters. The van der Waals surface area contributed by atoms with Gasteiger partial charge in [0.05, 0.1) is 35.0 Å². The zero-order chi connectivity index (χ0) is 13.7. The van der Waals surface area contributed by atoms with Gasteiger partial charge in [-0.1, -0.05) is 26.1 Å². The summed E-state index contributed by atoms with van der Waals surface area (Å²) in [6.45, 7) is 6.01. The second kappa shape index (κ2) is 6.39. The first-order valence-corrected chi connectivity index (χ1v) is 6.17. The van der Waals surface area contributed by atoms with Crippen LogP contribution < -0.4 is 11.1 Å². The van der Waals surface area contributed by atoms with E-state index in [1.165, 1.54) is 0 Å². The number of aryl methyl sites for hydroxylation is 1. The summed E-state index contributed by atoms with van der Waals surface area (Å²) in [6, 6.07) is 0. The number of thiocarbonyl (C=S) groups is 1. The lowest BCUT2D eigenvalue weighted by Gasteiger charge is -2.18. The molecule has 0 saturated carbocycles. The van der Waals surface area contributed by atoms with Crippen molar-refractivity contribution in [1.82, 2.24) is 15.3 Å². The molecule has 1 aromatic heterocycles. The Morgan fingerprint density at radius 1 is 1.44 bits per heavy atom. The third-order valence-electron chi connectivity index (χ3n) is 2.53. The Kier molecular flexibility index (Phi) is 5.15. The Labute approximate surface area is 112 Å². The van der Waals surface area contributed by atoms with Crippen LogP contribution in [0.5, 0.6) is 0 Å². The minimum atomic E-state index is -0.446. The molecule has 0 fully saturated rings. The average molecular weight is 266 g/mol. The van der Waals surface area contributed by atoms with Gasteiger partial charge in [-0.15, -0.1) is 0 Å². The van der Waals surface area contributed by atoms with Crippen LogP contribution in [0.1, 0.15) is 25.2 Å². The molecule has 1 amide bonds. The van der Waals surface area contributed by atoms with Gasteiger partial charge in [-0.05, 0) is 12.8 Å². The lowest BCUT2D eigenvalue weighted by atomic mass is 9.95. The van der Waals surface area contributed by atoms with Crippen molar-refractivity contribution in [3.8, 4) is 0 Å². The average Bonchev–Trinajstić information content (AvgIpc) is 2.27. The molecule has 18 heavy (non-hydrogen) atoms. The molecule has 0 aromatic carbocycles. The van der Waals surface area contributed by atoms with Crippen molar-refractivity contribution < 1.29 is 4.79 Å². The SMILES string of the molecule is Cc1cnc(CNC(=O)C(C(N)=S)C(C)C)cn1. The van der Waals surface area contributed by atoms with Gasteiger partial charge in [-0.25, -0.2) is 0 Å². The molecule has 0 aliphatic heterocycles. The Morgan fingerprint density at radius 3 is 2.56 bits per heavy atom. The molecule has 6 heteroatoms. The van der Waals surface area contributed by atoms with Crippen molar-refractivity contribution in [3.05, 3.63) is 23.8 Å². The smallest absolute Gasteiger partial charge is 0.230 e. The molecule has 3 N–H and O–H groups in total. The van der Waals surface area contributed by atoms with Crippen molar-refractivity contribution in [2.45, 2.75) is 27.3 Å². The quantitative estimate of drug-likeness (QED) is 0.776. The number of carbonyl (C=O) groups excluding carboxylic acids is 1. The van der Waals surface area contributed by atoms with E-state index in [-0.39, 0.29) is 16.8 Å². The minimum absolute atomic E-state index is 0.0756. The predicted octanol–water partition coefficient (Wildman–Crippen LogP) is 0.960. The van der Waals surface area contributed by atoms with Gasteiger partial charge in [0.1, 0.15) is 0 Å². The fraction of sp³-hybridized carbons (Fsp3) is 0.500. The van der Waals surface area contributed by atoms with E-state index in [2.05, 4.69) is 15.3 Å². The van der Waals surface area contributed by atoms with Crippen LogP contribution in [0.3, 0.4) is 0 Å². The zero-order valence-electron chi connectivity index (χ0n) is 10.8. The summed E-state index contributed by atoms with van der Waals surface area (Å²) in [4.78, 5) is 20.4. The van der Waals surface area contributed by atoms with Gasteiger partial charge in [-0.2, -0.15) is 0 Å². The number of amides is 1. The first-order chi connectivity index (χ1) is 8.41. The Balaban J connectivity index is 2.59. The summed E-state index contributed by atoms with van der Waals surface area (Å²) in [7, 11) is 0. The molecule has 0 saturated heterocycles. The van der Waals surface area contributed by atoms with Crippen molar-refractivity contribution in [1.29, 1.82) is 0 Å². The monoisotopic (exact) mass is 266 g/mol. The van der Waals surface area contributed by atoms with Gasteiger partial charge in [0, 0.05) is 6.20 Å². The number of nitrogens with zero attached hydrogens (tertiary/aromatic N) is 2. The largest absolute Gasteiger partial charge is 0.393 e. The van der Waals surface area contributed by atoms with Gasteiger partial charge >= 0.3 is 0 Å². The summed E-state index contributed by atoms with van der Waals surface area (Å²) < 4.78 is 0. The van der Waals surface area contributed by atoms with Gasteiger partial charge in [0.2, 0.25) is 5.91 Å². The van der Waals surface area contributed by atoms with E-state index in [1.807, 2.05) is 20.8 Å². The maximum Gasteiger partial charge on any atom is 0.230 e. The van der Waals surface area contributed by atoms with Crippen LogP contribution in [-0.2, 0) is 11.3 Å². The molecule has 0 spiro atoms. The van der Waals surface area contributed by atoms with Gasteiger partial charge in [0.15, 0.2) is 0 Å². The van der Waals surface area contributed by atoms with E-state index in [1.54, 1.807) is 12.4 Å². The van der Waals surface area contributed by atoms with E-state index >= 15 is 0 Å². The molecular weight excluding hydrogens is 248 g/mol. The number of carbonyl (C=O) groups is 1. The molecule has 0 bridgehead atoms. The standard InChI is InChI=1S/C12H18N4OS/c1-7(2)10(11(13)18)12(17)16-6-9-5-14-8(3)4-15-9/h4-5,7,10H,6H2,1-3H3,(H2,13,18)(H,16,17). The number of hydrogen-bond acceptors (Lipinski definition) is 4. The van der Waals surface area contributed by atoms with E-state index in [9.17, 15) is 4.79 Å². The lowest BCUT2D eigenvalue weighted by molar-refractivity contribution is -0.124. The highest BCUT2D eigenvalue weighted by Gasteiger charge is 2.24. The molecule has 0 radical (unpaired) electrons. The summed E-state index contributed by atoms with van der Waals surface area (Å²) >= 11 is 4.91. The van der Waals surface area contributed by atoms with Crippen LogP contribution in [0.2, 0.25) is 0 Å². The van der Waals surface area contributed by atoms with Crippen molar-refractivity contribution in [2.24, 2.45) is 17.6 Å². The predicted molar refractivity (Wildman–Crippen MR) is 73.7 cm³/mol. The van der Waals surface area contributed by atoms with E-state index < -0.39 is 5.92 Å². The molecule has 1 atom stereocenters. The fourth-order valence-electron chi connectivity index (χ4n) is 1.56. The Hall–Kier alpha value is -1.56. The Bertz CT molecular complexity index is 430. The molecule has 5 nitrogen and oxygen atoms in total. The number of nitrogens with two attached hydrogens (primary N) is 1. The van der Waals surface area contributed by atoms with Crippen molar-refractivity contribution >= 4 is 23.1 Å². The lowest BCUT2D eigenvalue weighted by Crippen LogP contribution is -2.40. The topological polar surface area (TPSA) is 80.9 Å². The number of nitrogens with one attached hydrogen (secondary N) is 1. The third-order valence-corrected chi connectivity index (χ3v) is 2.79. The van der Waals surface area contributed by atoms with E-state index in [0.717, 1.165) is 5.69 Å². The van der Waals surface area contributed by atoms with Crippen LogP contribution in [0.25, 0.3) is 0 Å². The number of aromatic nitrogens is 2. The normalized spacial score (nSPS) is 12.2. The molecule has 0 aliphatic rings. The summed E-state index contributed by atoms with van der Waals surface area (Å²) in [6.07, 6.45) is 3.30. The molecule has 1 rings (SSSR count). The minimum Gasteiger partial charge on any atom is -0.393 e. The highest BCUT2D eigenvalue weighted by atomic mass is 32.1. The summed E-state index contributed by atoms with van der Waals surface area (Å²) in [5, 5.41) is 2.77. The number of rotatable bonds is 5. The second-order valence-corrected chi connectivity index (χ2v) is 4.96. The first kappa shape index (κ1) is 14.5. The highest BCUT2D eigenvalue weighted by molar-refractivity contribution is 7.80. The van der Waals surface area contributed by atoms with Crippen LogP contribution in [-0.4, -0.2) is 20.9 Å². The van der Waals surface area contributed by atoms with Crippen molar-refractivity contribution in [3.63, 3.8) is 0 Å². The zero-order valence-corrected chi connectivity index (χ0v) is 11.6. The molecule has 1 heterocycles.